The second-order valence-electron chi connectivity index (χ2n) is 6.88. The molecule has 1 saturated heterocycles. The van der Waals surface area contributed by atoms with Gasteiger partial charge in [-0.1, -0.05) is 6.42 Å². The summed E-state index contributed by atoms with van der Waals surface area (Å²) in [5, 5.41) is 11.8. The van der Waals surface area contributed by atoms with Crippen molar-refractivity contribution in [3.05, 3.63) is 40.6 Å². The molecule has 2 aliphatic rings. The molecular weight excluding hydrogens is 322 g/mol. The van der Waals surface area contributed by atoms with Crippen molar-refractivity contribution in [3.63, 3.8) is 0 Å². The highest BCUT2D eigenvalue weighted by Gasteiger charge is 2.55. The van der Waals surface area contributed by atoms with Gasteiger partial charge in [0.25, 0.3) is 5.69 Å². The normalized spacial score (nSPS) is 25.2. The van der Waals surface area contributed by atoms with E-state index < -0.39 is 5.41 Å². The Balaban J connectivity index is 1.78. The van der Waals surface area contributed by atoms with Gasteiger partial charge in [0.1, 0.15) is 5.52 Å². The molecule has 0 radical (unpaired) electrons. The number of hydrogen-bond acceptors (Lipinski definition) is 6. The number of nitro groups is 1. The van der Waals surface area contributed by atoms with Crippen LogP contribution >= 0.6 is 0 Å². The highest BCUT2D eigenvalue weighted by molar-refractivity contribution is 5.97. The van der Waals surface area contributed by atoms with Crippen molar-refractivity contribution in [2.24, 2.45) is 11.3 Å². The van der Waals surface area contributed by atoms with Gasteiger partial charge in [-0.3, -0.25) is 19.9 Å². The van der Waals surface area contributed by atoms with E-state index in [1.807, 2.05) is 0 Å². The number of anilines is 1. The summed E-state index contributed by atoms with van der Waals surface area (Å²) in [7, 11) is 1.44. The van der Waals surface area contributed by atoms with Crippen molar-refractivity contribution >= 4 is 28.2 Å². The zero-order chi connectivity index (χ0) is 17.6. The number of hydrogen-bond donors (Lipinski definition) is 0. The summed E-state index contributed by atoms with van der Waals surface area (Å²) in [5.74, 6) is 0.116. The zero-order valence-electron chi connectivity index (χ0n) is 14.0. The number of carbonyl (C=O) groups excluding carboxylic acids is 1. The van der Waals surface area contributed by atoms with Crippen LogP contribution in [0.3, 0.4) is 0 Å². The minimum absolute atomic E-state index is 0.0499. The molecule has 7 heteroatoms. The molecule has 1 aromatic carbocycles. The molecule has 1 aliphatic carbocycles. The van der Waals surface area contributed by atoms with E-state index in [-0.39, 0.29) is 22.5 Å². The number of carbonyl (C=O) groups is 1. The van der Waals surface area contributed by atoms with Crippen molar-refractivity contribution in [2.75, 3.05) is 25.1 Å². The summed E-state index contributed by atoms with van der Waals surface area (Å²) in [6.07, 6.45) is 4.51. The fraction of sp³-hybridized carbons (Fsp3) is 0.444. The first-order valence-electron chi connectivity index (χ1n) is 8.42. The Labute approximate surface area is 144 Å². The monoisotopic (exact) mass is 341 g/mol. The number of non-ortho nitro benzene ring substituents is 1. The van der Waals surface area contributed by atoms with Crippen LogP contribution in [0.5, 0.6) is 0 Å². The van der Waals surface area contributed by atoms with Crippen LogP contribution in [0.25, 0.3) is 10.9 Å². The van der Waals surface area contributed by atoms with Gasteiger partial charge in [0, 0.05) is 25.4 Å². The third-order valence-corrected chi connectivity index (χ3v) is 5.73. The van der Waals surface area contributed by atoms with Crippen LogP contribution in [0.4, 0.5) is 11.4 Å². The van der Waals surface area contributed by atoms with Gasteiger partial charge in [-0.2, -0.15) is 0 Å². The van der Waals surface area contributed by atoms with Gasteiger partial charge in [-0.15, -0.1) is 0 Å². The Hall–Kier alpha value is -2.70. The fourth-order valence-corrected chi connectivity index (χ4v) is 4.57. The summed E-state index contributed by atoms with van der Waals surface area (Å²) < 4.78 is 5.09. The minimum Gasteiger partial charge on any atom is -0.469 e. The van der Waals surface area contributed by atoms with Crippen molar-refractivity contribution < 1.29 is 14.5 Å². The average Bonchev–Trinajstić information content (AvgIpc) is 3.18. The number of esters is 1. The molecule has 0 spiro atoms. The molecule has 2 unspecified atom stereocenters. The summed E-state index contributed by atoms with van der Waals surface area (Å²) >= 11 is 0. The van der Waals surface area contributed by atoms with Gasteiger partial charge < -0.3 is 9.64 Å². The topological polar surface area (TPSA) is 85.6 Å². The Morgan fingerprint density at radius 2 is 2.28 bits per heavy atom. The highest BCUT2D eigenvalue weighted by Crippen LogP contribution is 2.51. The third-order valence-electron chi connectivity index (χ3n) is 5.73. The van der Waals surface area contributed by atoms with E-state index in [0.717, 1.165) is 31.5 Å². The molecule has 4 rings (SSSR count). The number of nitrogens with zero attached hydrogens (tertiary/aromatic N) is 3. The maximum atomic E-state index is 12.4. The Kier molecular flexibility index (Phi) is 3.59. The lowest BCUT2D eigenvalue weighted by Gasteiger charge is -2.26. The molecule has 1 aliphatic heterocycles. The van der Waals surface area contributed by atoms with Crippen LogP contribution in [-0.4, -0.2) is 36.1 Å². The maximum absolute atomic E-state index is 12.4. The van der Waals surface area contributed by atoms with Gasteiger partial charge >= 0.3 is 5.97 Å². The van der Waals surface area contributed by atoms with Crippen LogP contribution < -0.4 is 4.90 Å². The minimum atomic E-state index is -0.461. The molecular formula is C18H19N3O4. The van der Waals surface area contributed by atoms with Crippen molar-refractivity contribution in [2.45, 2.75) is 19.3 Å². The smallest absolute Gasteiger partial charge is 0.313 e. The Morgan fingerprint density at radius 1 is 1.44 bits per heavy atom. The van der Waals surface area contributed by atoms with Gasteiger partial charge in [0.15, 0.2) is 0 Å². The molecule has 0 N–H and O–H groups in total. The molecule has 130 valence electrons. The van der Waals surface area contributed by atoms with E-state index in [4.69, 9.17) is 4.74 Å². The summed E-state index contributed by atoms with van der Waals surface area (Å²) in [5.41, 5.74) is 1.04. The van der Waals surface area contributed by atoms with Gasteiger partial charge in [-0.05, 0) is 37.0 Å². The molecule has 1 aromatic heterocycles. The number of benzene rings is 1. The van der Waals surface area contributed by atoms with E-state index >= 15 is 0 Å². The van der Waals surface area contributed by atoms with Gasteiger partial charge in [-0.25, -0.2) is 0 Å². The second kappa shape index (κ2) is 5.68. The number of rotatable bonds is 3. The van der Waals surface area contributed by atoms with E-state index in [1.54, 1.807) is 24.4 Å². The summed E-state index contributed by atoms with van der Waals surface area (Å²) in [6, 6.07) is 6.70. The fourth-order valence-electron chi connectivity index (χ4n) is 4.57. The molecule has 0 bridgehead atoms. The van der Waals surface area contributed by atoms with E-state index in [0.29, 0.717) is 17.4 Å². The first kappa shape index (κ1) is 15.8. The Bertz CT molecular complexity index is 869. The Morgan fingerprint density at radius 3 is 3.04 bits per heavy atom. The highest BCUT2D eigenvalue weighted by atomic mass is 16.6. The quantitative estimate of drug-likeness (QED) is 0.485. The van der Waals surface area contributed by atoms with Crippen molar-refractivity contribution in [1.29, 1.82) is 0 Å². The molecule has 1 saturated carbocycles. The first-order valence-corrected chi connectivity index (χ1v) is 8.42. The van der Waals surface area contributed by atoms with Crippen LogP contribution in [0.1, 0.15) is 19.3 Å². The van der Waals surface area contributed by atoms with Gasteiger partial charge in [0.05, 0.1) is 28.5 Å². The lowest BCUT2D eigenvalue weighted by molar-refractivity contribution is -0.383. The number of aromatic nitrogens is 1. The van der Waals surface area contributed by atoms with Crippen LogP contribution in [0.15, 0.2) is 30.5 Å². The first-order chi connectivity index (χ1) is 12.1. The standard InChI is InChI=1S/C18H19N3O4/c1-25-17(22)18-8-2-4-12(18)10-20(11-18)15-7-6-14(21(23)24)13-5-3-9-19-16(13)15/h3,5-7,9,12H,2,4,8,10-11H2,1H3. The lowest BCUT2D eigenvalue weighted by atomic mass is 9.81. The lowest BCUT2D eigenvalue weighted by Crippen LogP contribution is -2.37. The zero-order valence-corrected chi connectivity index (χ0v) is 14.0. The molecule has 2 atom stereocenters. The van der Waals surface area contributed by atoms with E-state index in [2.05, 4.69) is 9.88 Å². The van der Waals surface area contributed by atoms with Crippen LogP contribution in [0, 0.1) is 21.4 Å². The van der Waals surface area contributed by atoms with E-state index in [1.165, 1.54) is 13.2 Å². The van der Waals surface area contributed by atoms with Crippen LogP contribution in [0.2, 0.25) is 0 Å². The number of pyridine rings is 1. The molecule has 0 amide bonds. The average molecular weight is 341 g/mol. The molecule has 2 fully saturated rings. The summed E-state index contributed by atoms with van der Waals surface area (Å²) in [4.78, 5) is 29.9. The van der Waals surface area contributed by atoms with Crippen LogP contribution in [-0.2, 0) is 9.53 Å². The number of ether oxygens (including phenoxy) is 1. The molecule has 25 heavy (non-hydrogen) atoms. The number of nitro benzene ring substituents is 1. The largest absolute Gasteiger partial charge is 0.469 e. The summed E-state index contributed by atoms with van der Waals surface area (Å²) in [6.45, 7) is 1.33. The third kappa shape index (κ3) is 2.26. The number of methoxy groups -OCH3 is 1. The SMILES string of the molecule is COC(=O)C12CCCC1CN(c1ccc([N+](=O)[O-])c3cccnc13)C2. The molecule has 2 heterocycles. The van der Waals surface area contributed by atoms with Crippen molar-refractivity contribution in [1.82, 2.24) is 4.98 Å². The number of fused-ring (bicyclic) bond motifs is 2. The maximum Gasteiger partial charge on any atom is 0.313 e. The second-order valence-corrected chi connectivity index (χ2v) is 6.88. The van der Waals surface area contributed by atoms with E-state index in [9.17, 15) is 14.9 Å². The van der Waals surface area contributed by atoms with Crippen molar-refractivity contribution in [3.8, 4) is 0 Å². The molecule has 2 aromatic rings. The predicted octanol–water partition coefficient (Wildman–Crippen LogP) is 2.92. The van der Waals surface area contributed by atoms with Gasteiger partial charge in [0.2, 0.25) is 0 Å². The predicted molar refractivity (Wildman–Crippen MR) is 92.4 cm³/mol. The molecule has 7 nitrogen and oxygen atoms in total.